The molecule has 0 saturated carbocycles. The van der Waals surface area contributed by atoms with Crippen LogP contribution in [0, 0.1) is 0 Å². The van der Waals surface area contributed by atoms with Crippen LogP contribution in [0.1, 0.15) is 18.4 Å². The number of aromatic hydroxyl groups is 1. The highest BCUT2D eigenvalue weighted by Crippen LogP contribution is 2.18. The first-order chi connectivity index (χ1) is 14.2. The van der Waals surface area contributed by atoms with Gasteiger partial charge in [0.1, 0.15) is 17.8 Å². The molecule has 1 aliphatic heterocycles. The van der Waals surface area contributed by atoms with Gasteiger partial charge >= 0.3 is 5.97 Å². The van der Waals surface area contributed by atoms with Crippen LogP contribution in [0.15, 0.2) is 24.3 Å². The van der Waals surface area contributed by atoms with Gasteiger partial charge in [-0.15, -0.1) is 0 Å². The molecule has 1 aromatic carbocycles. The van der Waals surface area contributed by atoms with Crippen LogP contribution >= 0.6 is 12.6 Å². The summed E-state index contributed by atoms with van der Waals surface area (Å²) in [6, 6.07) is 3.44. The quantitative estimate of drug-likeness (QED) is 0.266. The van der Waals surface area contributed by atoms with Gasteiger partial charge in [-0.3, -0.25) is 14.4 Å². The Morgan fingerprint density at radius 1 is 1.23 bits per heavy atom. The van der Waals surface area contributed by atoms with Crippen LogP contribution < -0.4 is 16.4 Å². The number of thiol groups is 1. The van der Waals surface area contributed by atoms with Crippen LogP contribution in [0.25, 0.3) is 0 Å². The van der Waals surface area contributed by atoms with E-state index in [9.17, 15) is 29.4 Å². The highest BCUT2D eigenvalue weighted by Gasteiger charge is 2.37. The van der Waals surface area contributed by atoms with Crippen molar-refractivity contribution < 1.29 is 29.4 Å². The number of nitrogens with two attached hydrogens (primary N) is 1. The Morgan fingerprint density at radius 2 is 1.90 bits per heavy atom. The molecule has 1 heterocycles. The summed E-state index contributed by atoms with van der Waals surface area (Å²) in [6.07, 6.45) is 1.16. The van der Waals surface area contributed by atoms with Crippen LogP contribution in [0.5, 0.6) is 5.75 Å². The first kappa shape index (κ1) is 23.5. The second-order valence-corrected chi connectivity index (χ2v) is 7.39. The fourth-order valence-electron chi connectivity index (χ4n) is 3.20. The summed E-state index contributed by atoms with van der Waals surface area (Å²) in [6.45, 7) is -0.0825. The molecule has 164 valence electrons. The van der Waals surface area contributed by atoms with Gasteiger partial charge in [-0.25, -0.2) is 4.79 Å². The number of carboxylic acids is 1. The molecule has 3 unspecified atom stereocenters. The Morgan fingerprint density at radius 3 is 2.50 bits per heavy atom. The number of aliphatic carboxylic acids is 1. The Labute approximate surface area is 179 Å². The van der Waals surface area contributed by atoms with E-state index in [1.807, 2.05) is 0 Å². The molecular formula is C19H26N4O6S. The minimum atomic E-state index is -1.08. The zero-order valence-electron chi connectivity index (χ0n) is 16.3. The molecule has 0 aromatic heterocycles. The first-order valence-electron chi connectivity index (χ1n) is 9.47. The molecule has 3 atom stereocenters. The Bertz CT molecular complexity index is 788. The van der Waals surface area contributed by atoms with Crippen LogP contribution in [0.4, 0.5) is 0 Å². The third-order valence-corrected chi connectivity index (χ3v) is 5.15. The Kier molecular flexibility index (Phi) is 8.48. The van der Waals surface area contributed by atoms with Crippen molar-refractivity contribution in [1.82, 2.24) is 15.5 Å². The van der Waals surface area contributed by atoms with Gasteiger partial charge < -0.3 is 31.5 Å². The average molecular weight is 439 g/mol. The normalized spacial score (nSPS) is 17.8. The van der Waals surface area contributed by atoms with Crippen LogP contribution in [0.2, 0.25) is 0 Å². The SMILES string of the molecule is NC(Cc1ccc(O)cc1)C(=O)NCC(=O)NC(CS)C(=O)N1CCCC1C(=O)O. The molecule has 1 aromatic rings. The summed E-state index contributed by atoms with van der Waals surface area (Å²) < 4.78 is 0. The fourth-order valence-corrected chi connectivity index (χ4v) is 3.44. The number of carbonyl (C=O) groups excluding carboxylic acids is 3. The van der Waals surface area contributed by atoms with Gasteiger partial charge in [-0.2, -0.15) is 12.6 Å². The highest BCUT2D eigenvalue weighted by atomic mass is 32.1. The van der Waals surface area contributed by atoms with Gasteiger partial charge in [0.05, 0.1) is 12.6 Å². The lowest BCUT2D eigenvalue weighted by Gasteiger charge is -2.26. The summed E-state index contributed by atoms with van der Waals surface area (Å²) in [4.78, 5) is 49.3. The summed E-state index contributed by atoms with van der Waals surface area (Å²) in [5, 5.41) is 23.4. The van der Waals surface area contributed by atoms with E-state index in [2.05, 4.69) is 23.3 Å². The number of phenolic OH excluding ortho intramolecular Hbond substituents is 1. The third-order valence-electron chi connectivity index (χ3n) is 4.79. The zero-order chi connectivity index (χ0) is 22.3. The van der Waals surface area contributed by atoms with Crippen LogP contribution in [-0.4, -0.2) is 75.8 Å². The first-order valence-corrected chi connectivity index (χ1v) is 10.1. The van der Waals surface area contributed by atoms with Gasteiger partial charge in [0.2, 0.25) is 17.7 Å². The topological polar surface area (TPSA) is 162 Å². The zero-order valence-corrected chi connectivity index (χ0v) is 17.2. The van der Waals surface area contributed by atoms with Gasteiger partial charge in [0.25, 0.3) is 0 Å². The van der Waals surface area contributed by atoms with Crippen molar-refractivity contribution in [3.05, 3.63) is 29.8 Å². The lowest BCUT2D eigenvalue weighted by atomic mass is 10.1. The number of likely N-dealkylation sites (tertiary alicyclic amines) is 1. The van der Waals surface area contributed by atoms with E-state index >= 15 is 0 Å². The number of hydrogen-bond acceptors (Lipinski definition) is 7. The minimum Gasteiger partial charge on any atom is -0.508 e. The van der Waals surface area contributed by atoms with Crippen molar-refractivity contribution in [2.75, 3.05) is 18.8 Å². The molecule has 0 bridgehead atoms. The molecule has 11 heteroatoms. The third kappa shape index (κ3) is 6.36. The minimum absolute atomic E-state index is 0.0122. The number of nitrogens with one attached hydrogen (secondary N) is 2. The van der Waals surface area contributed by atoms with E-state index in [0.717, 1.165) is 5.56 Å². The van der Waals surface area contributed by atoms with Crippen molar-refractivity contribution in [3.8, 4) is 5.75 Å². The molecule has 1 saturated heterocycles. The number of benzene rings is 1. The van der Waals surface area contributed by atoms with E-state index in [1.165, 1.54) is 17.0 Å². The number of nitrogens with zero attached hydrogens (tertiary/aromatic N) is 1. The maximum absolute atomic E-state index is 12.6. The smallest absolute Gasteiger partial charge is 0.326 e. The number of carbonyl (C=O) groups is 4. The molecule has 0 spiro atoms. The van der Waals surface area contributed by atoms with Crippen molar-refractivity contribution in [2.45, 2.75) is 37.4 Å². The predicted molar refractivity (Wildman–Crippen MR) is 111 cm³/mol. The number of carboxylic acid groups (broad SMARTS) is 1. The number of phenols is 1. The lowest BCUT2D eigenvalue weighted by Crippen LogP contribution is -2.54. The van der Waals surface area contributed by atoms with Crippen molar-refractivity contribution in [2.24, 2.45) is 5.73 Å². The van der Waals surface area contributed by atoms with E-state index < -0.39 is 41.8 Å². The van der Waals surface area contributed by atoms with Crippen LogP contribution in [0.3, 0.4) is 0 Å². The number of hydrogen-bond donors (Lipinski definition) is 6. The van der Waals surface area contributed by atoms with Crippen molar-refractivity contribution >= 4 is 36.3 Å². The second kappa shape index (κ2) is 10.8. The van der Waals surface area contributed by atoms with Crippen LogP contribution in [-0.2, 0) is 25.6 Å². The standard InChI is InChI=1S/C19H26N4O6S/c20-13(8-11-3-5-12(24)6-4-11)17(26)21-9-16(25)22-14(10-30)18(27)23-7-1-2-15(23)19(28)29/h3-6,13-15,24,30H,1-2,7-10,20H2,(H,21,26)(H,22,25)(H,28,29). The van der Waals surface area contributed by atoms with E-state index in [1.54, 1.807) is 12.1 Å². The van der Waals surface area contributed by atoms with Crippen molar-refractivity contribution in [1.29, 1.82) is 0 Å². The van der Waals surface area contributed by atoms with Crippen molar-refractivity contribution in [3.63, 3.8) is 0 Å². The summed E-state index contributed by atoms with van der Waals surface area (Å²) in [7, 11) is 0. The molecule has 0 aliphatic carbocycles. The molecule has 0 radical (unpaired) electrons. The predicted octanol–water partition coefficient (Wildman–Crippen LogP) is -1.13. The summed E-state index contributed by atoms with van der Waals surface area (Å²) in [5.74, 6) is -2.66. The van der Waals surface area contributed by atoms with E-state index in [4.69, 9.17) is 5.73 Å². The molecule has 6 N–H and O–H groups in total. The Hall–Kier alpha value is -2.79. The maximum Gasteiger partial charge on any atom is 0.326 e. The molecular weight excluding hydrogens is 412 g/mol. The fraction of sp³-hybridized carbons (Fsp3) is 0.474. The molecule has 10 nitrogen and oxygen atoms in total. The molecule has 1 aliphatic rings. The summed E-state index contributed by atoms with van der Waals surface area (Å²) in [5.41, 5.74) is 6.59. The largest absolute Gasteiger partial charge is 0.508 e. The monoisotopic (exact) mass is 438 g/mol. The lowest BCUT2D eigenvalue weighted by molar-refractivity contribution is -0.149. The van der Waals surface area contributed by atoms with Gasteiger partial charge in [-0.1, -0.05) is 12.1 Å². The Balaban J connectivity index is 1.83. The maximum atomic E-state index is 12.6. The highest BCUT2D eigenvalue weighted by molar-refractivity contribution is 7.80. The average Bonchev–Trinajstić information content (AvgIpc) is 3.21. The second-order valence-electron chi connectivity index (χ2n) is 7.03. The van der Waals surface area contributed by atoms with E-state index in [-0.39, 0.29) is 24.5 Å². The van der Waals surface area contributed by atoms with E-state index in [0.29, 0.717) is 19.4 Å². The summed E-state index contributed by atoms with van der Waals surface area (Å²) >= 11 is 4.07. The van der Waals surface area contributed by atoms with Gasteiger partial charge in [0, 0.05) is 12.3 Å². The van der Waals surface area contributed by atoms with Gasteiger partial charge in [0.15, 0.2) is 0 Å². The molecule has 30 heavy (non-hydrogen) atoms. The molecule has 3 amide bonds. The number of rotatable bonds is 9. The van der Waals surface area contributed by atoms with Gasteiger partial charge in [-0.05, 0) is 37.0 Å². The number of amides is 3. The molecule has 2 rings (SSSR count). The molecule has 1 fully saturated rings.